The summed E-state index contributed by atoms with van der Waals surface area (Å²) in [6.07, 6.45) is 7.56. The maximum atomic E-state index is 12.1. The Balaban J connectivity index is 1.58. The quantitative estimate of drug-likeness (QED) is 0.939. The smallest absolute Gasteiger partial charge is 0.267 e. The van der Waals surface area contributed by atoms with Gasteiger partial charge in [0.25, 0.3) is 5.91 Å². The molecule has 0 saturated heterocycles. The molecule has 0 saturated carbocycles. The molecule has 3 heterocycles. The molecule has 0 radical (unpaired) electrons. The predicted molar refractivity (Wildman–Crippen MR) is 76.8 cm³/mol. The molecule has 0 aromatic carbocycles. The van der Waals surface area contributed by atoms with Crippen LogP contribution in [0.2, 0.25) is 5.02 Å². The molecular weight excluding hydrogens is 276 g/mol. The third kappa shape index (κ3) is 2.58. The van der Waals surface area contributed by atoms with Gasteiger partial charge >= 0.3 is 0 Å². The van der Waals surface area contributed by atoms with Crippen LogP contribution >= 0.6 is 11.6 Å². The molecule has 0 fully saturated rings. The van der Waals surface area contributed by atoms with E-state index in [-0.39, 0.29) is 5.91 Å². The van der Waals surface area contributed by atoms with E-state index in [1.54, 1.807) is 16.8 Å². The number of carbonyl (C=O) groups excluding carboxylic acids is 1. The van der Waals surface area contributed by atoms with Gasteiger partial charge in [-0.25, -0.2) is 4.98 Å². The summed E-state index contributed by atoms with van der Waals surface area (Å²) in [4.78, 5) is 16.4. The third-order valence-corrected chi connectivity index (χ3v) is 4.01. The van der Waals surface area contributed by atoms with E-state index in [1.165, 1.54) is 0 Å². The first-order valence-corrected chi connectivity index (χ1v) is 7.11. The minimum Gasteiger partial charge on any atom is -0.350 e. The lowest BCUT2D eigenvalue weighted by atomic mass is 9.98. The molecule has 1 atom stereocenters. The topological polar surface area (TPSA) is 51.9 Å². The normalized spacial score (nSPS) is 17.8. The van der Waals surface area contributed by atoms with E-state index in [9.17, 15) is 4.79 Å². The van der Waals surface area contributed by atoms with Crippen molar-refractivity contribution in [3.63, 3.8) is 0 Å². The van der Waals surface area contributed by atoms with Crippen LogP contribution in [-0.2, 0) is 20.0 Å². The highest BCUT2D eigenvalue weighted by molar-refractivity contribution is 6.31. The number of fused-ring (bicyclic) bond motifs is 1. The molecule has 1 N–H and O–H groups in total. The molecule has 2 aromatic heterocycles. The first kappa shape index (κ1) is 13.2. The highest BCUT2D eigenvalue weighted by atomic mass is 35.5. The van der Waals surface area contributed by atoms with Crippen molar-refractivity contribution in [2.75, 3.05) is 6.54 Å². The lowest BCUT2D eigenvalue weighted by Gasteiger charge is -2.23. The highest BCUT2D eigenvalue weighted by Gasteiger charge is 2.20. The molecular formula is C14H17ClN4O. The summed E-state index contributed by atoms with van der Waals surface area (Å²) in [5, 5.41) is 3.57. The van der Waals surface area contributed by atoms with Crippen LogP contribution in [0.1, 0.15) is 22.7 Å². The molecule has 3 rings (SSSR count). The number of imidazole rings is 1. The van der Waals surface area contributed by atoms with E-state index >= 15 is 0 Å². The van der Waals surface area contributed by atoms with Crippen molar-refractivity contribution >= 4 is 17.5 Å². The van der Waals surface area contributed by atoms with Crippen LogP contribution in [0.5, 0.6) is 0 Å². The molecule has 2 aromatic rings. The first-order valence-electron chi connectivity index (χ1n) is 6.73. The second-order valence-electron chi connectivity index (χ2n) is 5.26. The van der Waals surface area contributed by atoms with Crippen molar-refractivity contribution in [2.24, 2.45) is 13.0 Å². The number of hydrogen-bond acceptors (Lipinski definition) is 2. The Bertz CT molecular complexity index is 631. The van der Waals surface area contributed by atoms with Crippen LogP contribution in [0.15, 0.2) is 24.7 Å². The van der Waals surface area contributed by atoms with Crippen LogP contribution < -0.4 is 5.32 Å². The minimum atomic E-state index is -0.0756. The van der Waals surface area contributed by atoms with E-state index in [2.05, 4.69) is 14.9 Å². The number of halogens is 1. The van der Waals surface area contributed by atoms with Crippen molar-refractivity contribution < 1.29 is 4.79 Å². The van der Waals surface area contributed by atoms with Gasteiger partial charge < -0.3 is 14.5 Å². The van der Waals surface area contributed by atoms with Crippen LogP contribution in [0, 0.1) is 5.92 Å². The largest absolute Gasteiger partial charge is 0.350 e. The molecule has 0 aliphatic carbocycles. The van der Waals surface area contributed by atoms with Gasteiger partial charge in [0.2, 0.25) is 0 Å². The maximum Gasteiger partial charge on any atom is 0.267 e. The molecule has 1 amide bonds. The fraction of sp³-hybridized carbons (Fsp3) is 0.429. The van der Waals surface area contributed by atoms with Gasteiger partial charge in [-0.05, 0) is 18.4 Å². The van der Waals surface area contributed by atoms with Gasteiger partial charge in [0.05, 0.1) is 5.02 Å². The van der Waals surface area contributed by atoms with Crippen molar-refractivity contribution in [2.45, 2.75) is 19.4 Å². The van der Waals surface area contributed by atoms with E-state index in [4.69, 9.17) is 11.6 Å². The van der Waals surface area contributed by atoms with Gasteiger partial charge in [-0.1, -0.05) is 11.6 Å². The Morgan fingerprint density at radius 2 is 2.45 bits per heavy atom. The molecule has 0 unspecified atom stereocenters. The molecule has 5 nitrogen and oxygen atoms in total. The number of rotatable bonds is 3. The van der Waals surface area contributed by atoms with Crippen molar-refractivity contribution in [3.8, 4) is 0 Å². The number of aromatic nitrogens is 3. The molecule has 1 aliphatic heterocycles. The summed E-state index contributed by atoms with van der Waals surface area (Å²) < 4.78 is 3.92. The van der Waals surface area contributed by atoms with E-state index in [1.807, 2.05) is 19.4 Å². The number of nitrogens with one attached hydrogen (secondary N) is 1. The number of carbonyl (C=O) groups is 1. The number of aryl methyl sites for hydroxylation is 2. The number of amides is 1. The molecule has 0 spiro atoms. The van der Waals surface area contributed by atoms with Crippen LogP contribution in [0.3, 0.4) is 0 Å². The second kappa shape index (κ2) is 5.32. The zero-order valence-corrected chi connectivity index (χ0v) is 12.1. The van der Waals surface area contributed by atoms with Crippen molar-refractivity contribution in [1.82, 2.24) is 19.4 Å². The fourth-order valence-electron chi connectivity index (χ4n) is 2.67. The summed E-state index contributed by atoms with van der Waals surface area (Å²) in [5.41, 5.74) is 0.590. The highest BCUT2D eigenvalue weighted by Crippen LogP contribution is 2.18. The Morgan fingerprint density at radius 3 is 3.20 bits per heavy atom. The maximum absolute atomic E-state index is 12.1. The molecule has 0 bridgehead atoms. The number of hydrogen-bond donors (Lipinski definition) is 1. The minimum absolute atomic E-state index is 0.0756. The summed E-state index contributed by atoms with van der Waals surface area (Å²) in [6, 6.07) is 1.68. The second-order valence-corrected chi connectivity index (χ2v) is 5.70. The van der Waals surface area contributed by atoms with Gasteiger partial charge in [0, 0.05) is 45.1 Å². The average Bonchev–Trinajstić information content (AvgIpc) is 3.01. The standard InChI is InChI=1S/C14H17ClN4O/c1-18-9-11(15)7-12(18)14(20)17-8-10-2-4-19-5-3-16-13(19)6-10/h3,5,7,9-10H,2,4,6,8H2,1H3,(H,17,20)/t10-/m0/s1. The first-order chi connectivity index (χ1) is 9.63. The van der Waals surface area contributed by atoms with E-state index in [0.29, 0.717) is 23.2 Å². The molecule has 6 heteroatoms. The Hall–Kier alpha value is -1.75. The van der Waals surface area contributed by atoms with Crippen LogP contribution in [0.25, 0.3) is 0 Å². The van der Waals surface area contributed by atoms with Gasteiger partial charge in [-0.3, -0.25) is 4.79 Å². The summed E-state index contributed by atoms with van der Waals surface area (Å²) in [6.45, 7) is 1.65. The summed E-state index contributed by atoms with van der Waals surface area (Å²) in [5.74, 6) is 1.48. The van der Waals surface area contributed by atoms with Gasteiger partial charge in [0.1, 0.15) is 11.5 Å². The molecule has 1 aliphatic rings. The SMILES string of the molecule is Cn1cc(Cl)cc1C(=O)NC[C@H]1CCn2ccnc2C1. The zero-order valence-electron chi connectivity index (χ0n) is 11.3. The predicted octanol–water partition coefficient (Wildman–Crippen LogP) is 1.87. The van der Waals surface area contributed by atoms with Gasteiger partial charge in [-0.15, -0.1) is 0 Å². The van der Waals surface area contributed by atoms with E-state index in [0.717, 1.165) is 25.2 Å². The van der Waals surface area contributed by atoms with Gasteiger partial charge in [-0.2, -0.15) is 0 Å². The summed E-state index contributed by atoms with van der Waals surface area (Å²) in [7, 11) is 1.82. The Labute approximate surface area is 122 Å². The zero-order chi connectivity index (χ0) is 14.1. The van der Waals surface area contributed by atoms with Crippen molar-refractivity contribution in [1.29, 1.82) is 0 Å². The number of nitrogens with zero attached hydrogens (tertiary/aromatic N) is 3. The van der Waals surface area contributed by atoms with E-state index < -0.39 is 0 Å². The Kier molecular flexibility index (Phi) is 3.53. The summed E-state index contributed by atoms with van der Waals surface area (Å²) >= 11 is 5.89. The van der Waals surface area contributed by atoms with Gasteiger partial charge in [0.15, 0.2) is 0 Å². The lowest BCUT2D eigenvalue weighted by Crippen LogP contribution is -2.33. The van der Waals surface area contributed by atoms with Crippen molar-refractivity contribution in [3.05, 3.63) is 41.2 Å². The average molecular weight is 293 g/mol. The molecule has 20 heavy (non-hydrogen) atoms. The fourth-order valence-corrected chi connectivity index (χ4v) is 2.92. The lowest BCUT2D eigenvalue weighted by molar-refractivity contribution is 0.0936. The van der Waals surface area contributed by atoms with Crippen LogP contribution in [-0.4, -0.2) is 26.6 Å². The molecule has 106 valence electrons. The van der Waals surface area contributed by atoms with Crippen LogP contribution in [0.4, 0.5) is 0 Å². The third-order valence-electron chi connectivity index (χ3n) is 3.81. The monoisotopic (exact) mass is 292 g/mol. The Morgan fingerprint density at radius 1 is 1.60 bits per heavy atom.